The van der Waals surface area contributed by atoms with Gasteiger partial charge in [0.1, 0.15) is 0 Å². The first kappa shape index (κ1) is 13.5. The van der Waals surface area contributed by atoms with Crippen molar-refractivity contribution in [3.8, 4) is 0 Å². The number of rotatable bonds is 4. The van der Waals surface area contributed by atoms with Gasteiger partial charge in [-0.1, -0.05) is 43.2 Å². The molecular formula is C17H25NS. The first-order valence-electron chi connectivity index (χ1n) is 7.79. The molecule has 3 rings (SSSR count). The first-order valence-corrected chi connectivity index (χ1v) is 8.95. The summed E-state index contributed by atoms with van der Waals surface area (Å²) in [7, 11) is 0. The van der Waals surface area contributed by atoms with E-state index in [1.807, 2.05) is 0 Å². The summed E-state index contributed by atoms with van der Waals surface area (Å²) in [6.45, 7) is 1.24. The third-order valence-corrected chi connectivity index (χ3v) is 5.92. The Morgan fingerprint density at radius 3 is 2.68 bits per heavy atom. The van der Waals surface area contributed by atoms with Crippen LogP contribution in [-0.4, -0.2) is 24.1 Å². The van der Waals surface area contributed by atoms with E-state index in [0.29, 0.717) is 6.04 Å². The standard InChI is InChI=1S/C17H25NS/c1-2-6-15(7-3-1)16-8-4-5-9-17(16)18-12-14-10-11-19-13-14/h1-3,6-7,14,16-18H,4-5,8-13H2. The molecule has 0 aromatic heterocycles. The molecule has 0 bridgehead atoms. The molecule has 3 atom stereocenters. The predicted molar refractivity (Wildman–Crippen MR) is 84.9 cm³/mol. The van der Waals surface area contributed by atoms with Crippen LogP contribution in [0.25, 0.3) is 0 Å². The normalized spacial score (nSPS) is 31.5. The topological polar surface area (TPSA) is 12.0 Å². The molecule has 1 heterocycles. The number of thioether (sulfide) groups is 1. The zero-order valence-corrected chi connectivity index (χ0v) is 12.5. The Kier molecular flexibility index (Phi) is 4.84. The molecular weight excluding hydrogens is 250 g/mol. The van der Waals surface area contributed by atoms with Crippen LogP contribution in [0.5, 0.6) is 0 Å². The summed E-state index contributed by atoms with van der Waals surface area (Å²) in [6, 6.07) is 11.8. The summed E-state index contributed by atoms with van der Waals surface area (Å²) < 4.78 is 0. The lowest BCUT2D eigenvalue weighted by molar-refractivity contribution is 0.314. The van der Waals surface area contributed by atoms with Crippen LogP contribution in [0.2, 0.25) is 0 Å². The zero-order valence-electron chi connectivity index (χ0n) is 11.7. The third-order valence-electron chi connectivity index (χ3n) is 4.69. The van der Waals surface area contributed by atoms with Crippen molar-refractivity contribution in [3.05, 3.63) is 35.9 Å². The molecule has 1 aromatic carbocycles. The fourth-order valence-electron chi connectivity index (χ4n) is 3.54. The second-order valence-corrected chi connectivity index (χ2v) is 7.20. The fourth-order valence-corrected chi connectivity index (χ4v) is 4.82. The maximum Gasteiger partial charge on any atom is 0.0136 e. The van der Waals surface area contributed by atoms with Crippen LogP contribution in [0, 0.1) is 5.92 Å². The van der Waals surface area contributed by atoms with E-state index in [9.17, 15) is 0 Å². The van der Waals surface area contributed by atoms with Crippen LogP contribution in [0.4, 0.5) is 0 Å². The summed E-state index contributed by atoms with van der Waals surface area (Å²) in [5.41, 5.74) is 1.54. The van der Waals surface area contributed by atoms with E-state index in [-0.39, 0.29) is 0 Å². The van der Waals surface area contributed by atoms with Crippen molar-refractivity contribution >= 4 is 11.8 Å². The van der Waals surface area contributed by atoms with Gasteiger partial charge in [0.05, 0.1) is 0 Å². The molecule has 2 fully saturated rings. The minimum absolute atomic E-state index is 0.710. The largest absolute Gasteiger partial charge is 0.313 e. The van der Waals surface area contributed by atoms with Gasteiger partial charge in [-0.25, -0.2) is 0 Å². The second kappa shape index (κ2) is 6.81. The van der Waals surface area contributed by atoms with Gasteiger partial charge in [-0.2, -0.15) is 11.8 Å². The van der Waals surface area contributed by atoms with Gasteiger partial charge in [0.15, 0.2) is 0 Å². The van der Waals surface area contributed by atoms with E-state index in [4.69, 9.17) is 0 Å². The van der Waals surface area contributed by atoms with E-state index in [0.717, 1.165) is 11.8 Å². The Hall–Kier alpha value is -0.470. The highest BCUT2D eigenvalue weighted by molar-refractivity contribution is 7.99. The Morgan fingerprint density at radius 1 is 1.05 bits per heavy atom. The van der Waals surface area contributed by atoms with Gasteiger partial charge < -0.3 is 5.32 Å². The molecule has 0 spiro atoms. The van der Waals surface area contributed by atoms with Crippen molar-refractivity contribution in [3.63, 3.8) is 0 Å². The SMILES string of the molecule is c1ccc(C2CCCCC2NCC2CCSC2)cc1. The van der Waals surface area contributed by atoms with Gasteiger partial charge in [0, 0.05) is 6.04 Å². The molecule has 104 valence electrons. The zero-order chi connectivity index (χ0) is 12.9. The van der Waals surface area contributed by atoms with Gasteiger partial charge in [-0.15, -0.1) is 0 Å². The predicted octanol–water partition coefficient (Wildman–Crippen LogP) is 4.06. The van der Waals surface area contributed by atoms with Crippen molar-refractivity contribution in [1.82, 2.24) is 5.32 Å². The summed E-state index contributed by atoms with van der Waals surface area (Å²) in [5, 5.41) is 3.90. The van der Waals surface area contributed by atoms with E-state index < -0.39 is 0 Å². The summed E-state index contributed by atoms with van der Waals surface area (Å²) >= 11 is 2.13. The van der Waals surface area contributed by atoms with Crippen molar-refractivity contribution in [1.29, 1.82) is 0 Å². The third kappa shape index (κ3) is 3.55. The number of nitrogens with one attached hydrogen (secondary N) is 1. The Bertz CT molecular complexity index is 372. The highest BCUT2D eigenvalue weighted by Crippen LogP contribution is 2.33. The Morgan fingerprint density at radius 2 is 1.89 bits per heavy atom. The minimum Gasteiger partial charge on any atom is -0.313 e. The van der Waals surface area contributed by atoms with Crippen LogP contribution in [0.1, 0.15) is 43.6 Å². The lowest BCUT2D eigenvalue weighted by atomic mass is 9.80. The molecule has 1 aliphatic heterocycles. The molecule has 1 aliphatic carbocycles. The van der Waals surface area contributed by atoms with Crippen LogP contribution in [0.15, 0.2) is 30.3 Å². The fraction of sp³-hybridized carbons (Fsp3) is 0.647. The van der Waals surface area contributed by atoms with E-state index in [1.165, 1.54) is 50.2 Å². The highest BCUT2D eigenvalue weighted by atomic mass is 32.2. The van der Waals surface area contributed by atoms with Gasteiger partial charge in [-0.3, -0.25) is 0 Å². The number of benzene rings is 1. The molecule has 1 nitrogen and oxygen atoms in total. The number of hydrogen-bond acceptors (Lipinski definition) is 2. The van der Waals surface area contributed by atoms with E-state index >= 15 is 0 Å². The van der Waals surface area contributed by atoms with Gasteiger partial charge in [0.25, 0.3) is 0 Å². The monoisotopic (exact) mass is 275 g/mol. The maximum absolute atomic E-state index is 3.90. The Balaban J connectivity index is 1.60. The van der Waals surface area contributed by atoms with Gasteiger partial charge >= 0.3 is 0 Å². The molecule has 3 unspecified atom stereocenters. The van der Waals surface area contributed by atoms with Crippen LogP contribution in [0.3, 0.4) is 0 Å². The molecule has 0 radical (unpaired) electrons. The summed E-state index contributed by atoms with van der Waals surface area (Å²) in [4.78, 5) is 0. The lowest BCUT2D eigenvalue weighted by Crippen LogP contribution is -2.39. The average Bonchev–Trinajstić information content (AvgIpc) is 3.00. The number of hydrogen-bond donors (Lipinski definition) is 1. The molecule has 2 aliphatic rings. The molecule has 1 aromatic rings. The van der Waals surface area contributed by atoms with Gasteiger partial charge in [-0.05, 0) is 54.7 Å². The second-order valence-electron chi connectivity index (χ2n) is 6.05. The van der Waals surface area contributed by atoms with Crippen molar-refractivity contribution in [2.45, 2.75) is 44.1 Å². The molecule has 1 saturated heterocycles. The minimum atomic E-state index is 0.710. The summed E-state index contributed by atoms with van der Waals surface area (Å²) in [6.07, 6.45) is 6.94. The van der Waals surface area contributed by atoms with E-state index in [2.05, 4.69) is 47.4 Å². The van der Waals surface area contributed by atoms with Crippen LogP contribution >= 0.6 is 11.8 Å². The molecule has 1 saturated carbocycles. The first-order chi connectivity index (χ1) is 9.43. The van der Waals surface area contributed by atoms with Crippen LogP contribution in [-0.2, 0) is 0 Å². The Labute approximate surface area is 121 Å². The lowest BCUT2D eigenvalue weighted by Gasteiger charge is -2.33. The van der Waals surface area contributed by atoms with Crippen molar-refractivity contribution < 1.29 is 0 Å². The van der Waals surface area contributed by atoms with E-state index in [1.54, 1.807) is 5.56 Å². The summed E-state index contributed by atoms with van der Waals surface area (Å²) in [5.74, 6) is 4.40. The molecule has 19 heavy (non-hydrogen) atoms. The molecule has 0 amide bonds. The van der Waals surface area contributed by atoms with Crippen molar-refractivity contribution in [2.24, 2.45) is 5.92 Å². The smallest absolute Gasteiger partial charge is 0.0136 e. The van der Waals surface area contributed by atoms with Crippen molar-refractivity contribution in [2.75, 3.05) is 18.1 Å². The molecule has 2 heteroatoms. The van der Waals surface area contributed by atoms with Crippen LogP contribution < -0.4 is 5.32 Å². The molecule has 1 N–H and O–H groups in total. The average molecular weight is 275 g/mol. The maximum atomic E-state index is 3.90. The van der Waals surface area contributed by atoms with Gasteiger partial charge in [0.2, 0.25) is 0 Å². The quantitative estimate of drug-likeness (QED) is 0.889. The highest BCUT2D eigenvalue weighted by Gasteiger charge is 2.27.